The lowest BCUT2D eigenvalue weighted by Gasteiger charge is -2.28. The summed E-state index contributed by atoms with van der Waals surface area (Å²) in [6.07, 6.45) is 3.24. The Hall–Kier alpha value is -1.53. The van der Waals surface area contributed by atoms with Crippen molar-refractivity contribution < 1.29 is 4.79 Å². The summed E-state index contributed by atoms with van der Waals surface area (Å²) in [7, 11) is 2.08. The van der Waals surface area contributed by atoms with Gasteiger partial charge >= 0.3 is 0 Å². The summed E-state index contributed by atoms with van der Waals surface area (Å²) in [4.78, 5) is 25.2. The van der Waals surface area contributed by atoms with Gasteiger partial charge in [-0.15, -0.1) is 0 Å². The van der Waals surface area contributed by atoms with Crippen LogP contribution in [-0.4, -0.2) is 63.4 Å². The van der Waals surface area contributed by atoms with Crippen LogP contribution in [0.25, 0.3) is 11.0 Å². The van der Waals surface area contributed by atoms with Crippen molar-refractivity contribution in [2.24, 2.45) is 0 Å². The number of fused-ring (bicyclic) bond motifs is 1. The van der Waals surface area contributed by atoms with E-state index in [4.69, 9.17) is 4.98 Å². The molecule has 2 atom stereocenters. The van der Waals surface area contributed by atoms with Gasteiger partial charge in [0.25, 0.3) is 0 Å². The first-order chi connectivity index (χ1) is 11.7. The number of hydrogen-bond donors (Lipinski definition) is 1. The molecule has 1 aromatic carbocycles. The zero-order valence-corrected chi connectivity index (χ0v) is 14.9. The molecule has 2 fully saturated rings. The van der Waals surface area contributed by atoms with Crippen LogP contribution in [0.4, 0.5) is 0 Å². The predicted molar refractivity (Wildman–Crippen MR) is 98.1 cm³/mol. The van der Waals surface area contributed by atoms with Crippen molar-refractivity contribution in [1.29, 1.82) is 0 Å². The Labute approximate surface area is 146 Å². The molecule has 1 N–H and O–H groups in total. The number of imidazole rings is 1. The zero-order valence-electron chi connectivity index (χ0n) is 14.1. The van der Waals surface area contributed by atoms with Crippen LogP contribution in [0.1, 0.15) is 31.1 Å². The van der Waals surface area contributed by atoms with E-state index in [-0.39, 0.29) is 11.9 Å². The number of amides is 1. The van der Waals surface area contributed by atoms with Crippen molar-refractivity contribution in [2.45, 2.75) is 31.3 Å². The number of aromatic nitrogens is 2. The smallest absolute Gasteiger partial charge is 0.237 e. The molecule has 2 aliphatic rings. The lowest BCUT2D eigenvalue weighted by molar-refractivity contribution is -0.133. The normalized spacial score (nSPS) is 24.3. The van der Waals surface area contributed by atoms with E-state index < -0.39 is 0 Å². The van der Waals surface area contributed by atoms with Crippen LogP contribution < -0.4 is 0 Å². The van der Waals surface area contributed by atoms with Gasteiger partial charge in [-0.1, -0.05) is 12.1 Å². The number of nitrogens with one attached hydrogen (secondary N) is 1. The highest BCUT2D eigenvalue weighted by atomic mass is 32.2. The molecule has 0 aliphatic carbocycles. The first-order valence-corrected chi connectivity index (χ1v) is 9.90. The molecule has 2 saturated heterocycles. The Bertz CT molecular complexity index is 692. The Kier molecular flexibility index (Phi) is 4.50. The quantitative estimate of drug-likeness (QED) is 0.926. The van der Waals surface area contributed by atoms with Gasteiger partial charge in [-0.3, -0.25) is 9.69 Å². The summed E-state index contributed by atoms with van der Waals surface area (Å²) in [5.41, 5.74) is 2.03. The molecule has 2 aliphatic heterocycles. The number of nitrogens with zero attached hydrogens (tertiary/aromatic N) is 3. The number of likely N-dealkylation sites (N-methyl/N-ethyl adjacent to an activating group) is 1. The molecule has 2 unspecified atom stereocenters. The van der Waals surface area contributed by atoms with Crippen molar-refractivity contribution in [3.63, 3.8) is 0 Å². The van der Waals surface area contributed by atoms with E-state index in [0.717, 1.165) is 42.0 Å². The first-order valence-electron chi connectivity index (χ1n) is 8.74. The minimum atomic E-state index is 0.0938. The second-order valence-corrected chi connectivity index (χ2v) is 7.97. The average Bonchev–Trinajstić information content (AvgIpc) is 3.32. The lowest BCUT2D eigenvalue weighted by Crippen LogP contribution is -2.42. The Morgan fingerprint density at radius 2 is 2.29 bits per heavy atom. The maximum Gasteiger partial charge on any atom is 0.237 e. The fourth-order valence-electron chi connectivity index (χ4n) is 3.78. The third-order valence-electron chi connectivity index (χ3n) is 5.21. The number of rotatable bonds is 4. The second kappa shape index (κ2) is 6.76. The van der Waals surface area contributed by atoms with Gasteiger partial charge in [-0.2, -0.15) is 11.8 Å². The molecule has 0 spiro atoms. The molecule has 0 saturated carbocycles. The van der Waals surface area contributed by atoms with Crippen LogP contribution in [0.5, 0.6) is 0 Å². The fraction of sp³-hybridized carbons (Fsp3) is 0.556. The predicted octanol–water partition coefficient (Wildman–Crippen LogP) is 2.66. The van der Waals surface area contributed by atoms with Crippen molar-refractivity contribution in [1.82, 2.24) is 19.8 Å². The Balaban J connectivity index is 1.48. The highest BCUT2D eigenvalue weighted by molar-refractivity contribution is 7.99. The first kappa shape index (κ1) is 16.0. The molecule has 1 aromatic heterocycles. The minimum absolute atomic E-state index is 0.0938. The number of para-hydroxylation sites is 2. The molecular weight excluding hydrogens is 320 g/mol. The van der Waals surface area contributed by atoms with Gasteiger partial charge in [0, 0.05) is 18.3 Å². The van der Waals surface area contributed by atoms with Crippen molar-refractivity contribution in [3.8, 4) is 0 Å². The van der Waals surface area contributed by atoms with Crippen LogP contribution in [0, 0.1) is 0 Å². The summed E-state index contributed by atoms with van der Waals surface area (Å²) in [5, 5.41) is 0. The Morgan fingerprint density at radius 1 is 1.42 bits per heavy atom. The van der Waals surface area contributed by atoms with Gasteiger partial charge < -0.3 is 9.88 Å². The van der Waals surface area contributed by atoms with Gasteiger partial charge in [-0.25, -0.2) is 4.98 Å². The summed E-state index contributed by atoms with van der Waals surface area (Å²) in [6, 6.07) is 8.71. The van der Waals surface area contributed by atoms with Crippen molar-refractivity contribution >= 4 is 28.7 Å². The van der Waals surface area contributed by atoms with Gasteiger partial charge in [0.1, 0.15) is 5.82 Å². The summed E-state index contributed by atoms with van der Waals surface area (Å²) in [6.45, 7) is 1.36. The monoisotopic (exact) mass is 344 g/mol. The third kappa shape index (κ3) is 3.05. The summed E-state index contributed by atoms with van der Waals surface area (Å²) >= 11 is 1.99. The van der Waals surface area contributed by atoms with Crippen LogP contribution in [0.2, 0.25) is 0 Å². The molecule has 1 amide bonds. The minimum Gasteiger partial charge on any atom is -0.340 e. The average molecular weight is 344 g/mol. The van der Waals surface area contributed by atoms with E-state index in [9.17, 15) is 4.79 Å². The van der Waals surface area contributed by atoms with Crippen LogP contribution in [0.3, 0.4) is 0 Å². The molecule has 0 radical (unpaired) electrons. The van der Waals surface area contributed by atoms with E-state index in [0.29, 0.717) is 12.6 Å². The number of hydrogen-bond acceptors (Lipinski definition) is 4. The highest BCUT2D eigenvalue weighted by Crippen LogP contribution is 2.31. The summed E-state index contributed by atoms with van der Waals surface area (Å²) < 4.78 is 0. The number of carbonyl (C=O) groups excluding carboxylic acids is 1. The van der Waals surface area contributed by atoms with E-state index in [1.54, 1.807) is 0 Å². The van der Waals surface area contributed by atoms with Crippen LogP contribution in [0.15, 0.2) is 24.3 Å². The zero-order chi connectivity index (χ0) is 16.5. The maximum absolute atomic E-state index is 12.8. The SMILES string of the molecule is CN(CC(=O)N1CCCC1c1nc2ccccc2[nH]1)C1CCSC1. The highest BCUT2D eigenvalue weighted by Gasteiger charge is 2.33. The number of benzene rings is 1. The molecule has 6 heteroatoms. The number of H-pyrrole nitrogens is 1. The molecule has 0 bridgehead atoms. The molecule has 128 valence electrons. The number of aromatic amines is 1. The fourth-order valence-corrected chi connectivity index (χ4v) is 5.08. The van der Waals surface area contributed by atoms with Gasteiger partial charge in [-0.05, 0) is 44.2 Å². The standard InChI is InChI=1S/C18H24N4OS/c1-21(13-8-10-24-12-13)11-17(23)22-9-4-7-16(22)18-19-14-5-2-3-6-15(14)20-18/h2-3,5-6,13,16H,4,7-12H2,1H3,(H,19,20). The van der Waals surface area contributed by atoms with Gasteiger partial charge in [0.2, 0.25) is 5.91 Å². The van der Waals surface area contributed by atoms with E-state index in [1.165, 1.54) is 12.2 Å². The third-order valence-corrected chi connectivity index (χ3v) is 6.35. The van der Waals surface area contributed by atoms with Gasteiger partial charge in [0.05, 0.1) is 23.6 Å². The van der Waals surface area contributed by atoms with E-state index in [1.807, 2.05) is 40.9 Å². The maximum atomic E-state index is 12.8. The molecule has 4 rings (SSSR count). The lowest BCUT2D eigenvalue weighted by atomic mass is 10.2. The van der Waals surface area contributed by atoms with E-state index >= 15 is 0 Å². The van der Waals surface area contributed by atoms with Crippen molar-refractivity contribution in [2.75, 3.05) is 31.6 Å². The number of thioether (sulfide) groups is 1. The molecule has 24 heavy (non-hydrogen) atoms. The summed E-state index contributed by atoms with van der Waals surface area (Å²) in [5.74, 6) is 3.53. The van der Waals surface area contributed by atoms with Crippen LogP contribution in [-0.2, 0) is 4.79 Å². The van der Waals surface area contributed by atoms with Crippen LogP contribution >= 0.6 is 11.8 Å². The van der Waals surface area contributed by atoms with Gasteiger partial charge in [0.15, 0.2) is 0 Å². The van der Waals surface area contributed by atoms with Crippen molar-refractivity contribution in [3.05, 3.63) is 30.1 Å². The largest absolute Gasteiger partial charge is 0.340 e. The molecular formula is C18H24N4OS. The number of carbonyl (C=O) groups is 1. The second-order valence-electron chi connectivity index (χ2n) is 6.82. The number of likely N-dealkylation sites (tertiary alicyclic amines) is 1. The molecule has 5 nitrogen and oxygen atoms in total. The Morgan fingerprint density at radius 3 is 3.08 bits per heavy atom. The molecule has 3 heterocycles. The van der Waals surface area contributed by atoms with E-state index in [2.05, 4.69) is 16.9 Å². The molecule has 2 aromatic rings. The topological polar surface area (TPSA) is 52.2 Å².